The molecular formula is C19H23N3O2. The van der Waals surface area contributed by atoms with E-state index in [4.69, 9.17) is 4.74 Å². The first kappa shape index (κ1) is 16.5. The number of amides is 1. The second-order valence-electron chi connectivity index (χ2n) is 6.01. The summed E-state index contributed by atoms with van der Waals surface area (Å²) in [6, 6.07) is 16.0. The summed E-state index contributed by atoms with van der Waals surface area (Å²) in [5.74, 6) is 0.0103. The van der Waals surface area contributed by atoms with E-state index in [2.05, 4.69) is 34.6 Å². The Kier molecular flexibility index (Phi) is 5.46. The zero-order chi connectivity index (χ0) is 16.8. The molecule has 0 aromatic heterocycles. The van der Waals surface area contributed by atoms with E-state index in [0.29, 0.717) is 19.8 Å². The topological polar surface area (TPSA) is 53.6 Å². The Bertz CT molecular complexity index is 662. The fourth-order valence-corrected chi connectivity index (χ4v) is 2.60. The molecule has 5 nitrogen and oxygen atoms in total. The molecule has 2 aromatic rings. The summed E-state index contributed by atoms with van der Waals surface area (Å²) < 4.78 is 5.29. The lowest BCUT2D eigenvalue weighted by atomic mass is 10.2. The van der Waals surface area contributed by atoms with Crippen molar-refractivity contribution in [2.75, 3.05) is 43.5 Å². The van der Waals surface area contributed by atoms with Crippen molar-refractivity contribution in [2.45, 2.75) is 6.92 Å². The van der Waals surface area contributed by atoms with Gasteiger partial charge in [-0.25, -0.2) is 0 Å². The monoisotopic (exact) mass is 325 g/mol. The summed E-state index contributed by atoms with van der Waals surface area (Å²) in [6.07, 6.45) is 0. The lowest BCUT2D eigenvalue weighted by Crippen LogP contribution is -2.41. The number of rotatable bonds is 5. The highest BCUT2D eigenvalue weighted by Crippen LogP contribution is 2.19. The highest BCUT2D eigenvalue weighted by Gasteiger charge is 2.14. The quantitative estimate of drug-likeness (QED) is 0.887. The fourth-order valence-electron chi connectivity index (χ4n) is 2.60. The maximum absolute atomic E-state index is 12.1. The summed E-state index contributed by atoms with van der Waals surface area (Å²) in [4.78, 5) is 14.2. The first-order chi connectivity index (χ1) is 11.7. The van der Waals surface area contributed by atoms with E-state index < -0.39 is 0 Å². The molecule has 0 bridgehead atoms. The van der Waals surface area contributed by atoms with Crippen LogP contribution in [0.4, 0.5) is 17.1 Å². The Balaban J connectivity index is 1.52. The van der Waals surface area contributed by atoms with Crippen molar-refractivity contribution in [1.82, 2.24) is 4.90 Å². The van der Waals surface area contributed by atoms with Crippen molar-refractivity contribution < 1.29 is 9.53 Å². The van der Waals surface area contributed by atoms with Crippen LogP contribution in [0.3, 0.4) is 0 Å². The largest absolute Gasteiger partial charge is 0.379 e. The summed E-state index contributed by atoms with van der Waals surface area (Å²) in [5.41, 5.74) is 4.08. The number of hydrogen-bond donors (Lipinski definition) is 2. The van der Waals surface area contributed by atoms with Crippen LogP contribution in [0.1, 0.15) is 5.56 Å². The van der Waals surface area contributed by atoms with E-state index in [0.717, 1.165) is 30.2 Å². The first-order valence-corrected chi connectivity index (χ1v) is 8.23. The Labute approximate surface area is 142 Å². The van der Waals surface area contributed by atoms with E-state index in [1.54, 1.807) is 0 Å². The molecule has 0 spiro atoms. The van der Waals surface area contributed by atoms with Gasteiger partial charge < -0.3 is 15.4 Å². The number of anilines is 3. The predicted octanol–water partition coefficient (Wildman–Crippen LogP) is 3.01. The van der Waals surface area contributed by atoms with Crippen LogP contribution in [0.2, 0.25) is 0 Å². The van der Waals surface area contributed by atoms with Crippen LogP contribution in [-0.2, 0) is 9.53 Å². The van der Waals surface area contributed by atoms with Crippen molar-refractivity contribution in [3.8, 4) is 0 Å². The van der Waals surface area contributed by atoms with Crippen LogP contribution in [0.5, 0.6) is 0 Å². The molecule has 0 aliphatic carbocycles. The first-order valence-electron chi connectivity index (χ1n) is 8.23. The third-order valence-electron chi connectivity index (χ3n) is 3.98. The molecule has 24 heavy (non-hydrogen) atoms. The van der Waals surface area contributed by atoms with E-state index in [1.807, 2.05) is 36.4 Å². The van der Waals surface area contributed by atoms with Gasteiger partial charge in [-0.05, 0) is 43.3 Å². The minimum atomic E-state index is 0.0103. The molecule has 0 atom stereocenters. The van der Waals surface area contributed by atoms with Crippen LogP contribution in [-0.4, -0.2) is 43.7 Å². The number of carbonyl (C=O) groups is 1. The second-order valence-corrected chi connectivity index (χ2v) is 6.01. The SMILES string of the molecule is Cc1ccc(Nc2ccc(NC(=O)CN3CCOCC3)cc2)cc1. The summed E-state index contributed by atoms with van der Waals surface area (Å²) in [5, 5.41) is 6.28. The molecule has 1 fully saturated rings. The fraction of sp³-hybridized carbons (Fsp3) is 0.316. The van der Waals surface area contributed by atoms with Gasteiger partial charge in [-0.1, -0.05) is 17.7 Å². The van der Waals surface area contributed by atoms with Crippen molar-refractivity contribution in [1.29, 1.82) is 0 Å². The maximum atomic E-state index is 12.1. The van der Waals surface area contributed by atoms with E-state index in [1.165, 1.54) is 5.56 Å². The Hall–Kier alpha value is -2.37. The van der Waals surface area contributed by atoms with E-state index >= 15 is 0 Å². The molecule has 2 aromatic carbocycles. The van der Waals surface area contributed by atoms with Crippen molar-refractivity contribution in [2.24, 2.45) is 0 Å². The van der Waals surface area contributed by atoms with Gasteiger partial charge in [0, 0.05) is 30.2 Å². The molecule has 126 valence electrons. The third-order valence-corrected chi connectivity index (χ3v) is 3.98. The second kappa shape index (κ2) is 7.95. The van der Waals surface area contributed by atoms with Crippen LogP contribution < -0.4 is 10.6 Å². The highest BCUT2D eigenvalue weighted by atomic mass is 16.5. The molecule has 5 heteroatoms. The summed E-state index contributed by atoms with van der Waals surface area (Å²) >= 11 is 0. The highest BCUT2D eigenvalue weighted by molar-refractivity contribution is 5.92. The van der Waals surface area contributed by atoms with Gasteiger partial charge in [0.1, 0.15) is 0 Å². The number of carbonyl (C=O) groups excluding carboxylic acids is 1. The van der Waals surface area contributed by atoms with Crippen LogP contribution >= 0.6 is 0 Å². The third kappa shape index (κ3) is 4.81. The molecule has 1 saturated heterocycles. The minimum absolute atomic E-state index is 0.0103. The average Bonchev–Trinajstić information content (AvgIpc) is 2.59. The molecule has 0 saturated carbocycles. The summed E-state index contributed by atoms with van der Waals surface area (Å²) in [7, 11) is 0. The Morgan fingerprint density at radius 3 is 2.12 bits per heavy atom. The lowest BCUT2D eigenvalue weighted by molar-refractivity contribution is -0.118. The van der Waals surface area contributed by atoms with Crippen molar-refractivity contribution in [3.63, 3.8) is 0 Å². The van der Waals surface area contributed by atoms with Crippen molar-refractivity contribution >= 4 is 23.0 Å². The standard InChI is InChI=1S/C19H23N3O2/c1-15-2-4-16(5-3-15)20-17-6-8-18(9-7-17)21-19(23)14-22-10-12-24-13-11-22/h2-9,20H,10-14H2,1H3,(H,21,23). The number of nitrogens with zero attached hydrogens (tertiary/aromatic N) is 1. The number of aryl methyl sites for hydroxylation is 1. The van der Waals surface area contributed by atoms with Gasteiger partial charge in [0.15, 0.2) is 0 Å². The van der Waals surface area contributed by atoms with E-state index in [9.17, 15) is 4.79 Å². The van der Waals surface area contributed by atoms with Gasteiger partial charge in [0.2, 0.25) is 5.91 Å². The zero-order valence-electron chi connectivity index (χ0n) is 13.9. The Morgan fingerprint density at radius 1 is 0.958 bits per heavy atom. The number of ether oxygens (including phenoxy) is 1. The van der Waals surface area contributed by atoms with Gasteiger partial charge in [-0.15, -0.1) is 0 Å². The Morgan fingerprint density at radius 2 is 1.50 bits per heavy atom. The number of benzene rings is 2. The molecule has 1 amide bonds. The van der Waals surface area contributed by atoms with Gasteiger partial charge in [-0.2, -0.15) is 0 Å². The molecule has 1 heterocycles. The predicted molar refractivity (Wildman–Crippen MR) is 96.8 cm³/mol. The molecular weight excluding hydrogens is 302 g/mol. The molecule has 1 aliphatic rings. The van der Waals surface area contributed by atoms with Gasteiger partial charge in [0.25, 0.3) is 0 Å². The smallest absolute Gasteiger partial charge is 0.238 e. The average molecular weight is 325 g/mol. The van der Waals surface area contributed by atoms with Gasteiger partial charge in [0.05, 0.1) is 19.8 Å². The van der Waals surface area contributed by atoms with Crippen molar-refractivity contribution in [3.05, 3.63) is 54.1 Å². The minimum Gasteiger partial charge on any atom is -0.379 e. The molecule has 0 unspecified atom stereocenters. The van der Waals surface area contributed by atoms with Crippen LogP contribution in [0.15, 0.2) is 48.5 Å². The number of nitrogens with one attached hydrogen (secondary N) is 2. The number of morpholine rings is 1. The maximum Gasteiger partial charge on any atom is 0.238 e. The van der Waals surface area contributed by atoms with Gasteiger partial charge >= 0.3 is 0 Å². The number of hydrogen-bond acceptors (Lipinski definition) is 4. The molecule has 1 aliphatic heterocycles. The normalized spacial score (nSPS) is 15.0. The zero-order valence-corrected chi connectivity index (χ0v) is 13.9. The lowest BCUT2D eigenvalue weighted by Gasteiger charge is -2.25. The van der Waals surface area contributed by atoms with Gasteiger partial charge in [-0.3, -0.25) is 9.69 Å². The summed E-state index contributed by atoms with van der Waals surface area (Å²) in [6.45, 7) is 5.50. The molecule has 3 rings (SSSR count). The molecule has 2 N–H and O–H groups in total. The van der Waals surface area contributed by atoms with Crippen LogP contribution in [0, 0.1) is 6.92 Å². The molecule has 0 radical (unpaired) electrons. The van der Waals surface area contributed by atoms with E-state index in [-0.39, 0.29) is 5.91 Å². The van der Waals surface area contributed by atoms with Crippen LogP contribution in [0.25, 0.3) is 0 Å².